The summed E-state index contributed by atoms with van der Waals surface area (Å²) >= 11 is 3.39. The molecule has 0 bridgehead atoms. The summed E-state index contributed by atoms with van der Waals surface area (Å²) in [5.74, 6) is -0.896. The van der Waals surface area contributed by atoms with Gasteiger partial charge >= 0.3 is 12.0 Å². The Morgan fingerprint density at radius 1 is 1.40 bits per heavy atom. The summed E-state index contributed by atoms with van der Waals surface area (Å²) < 4.78 is 0.982. The van der Waals surface area contributed by atoms with Crippen molar-refractivity contribution in [3.05, 3.63) is 28.2 Å². The molecule has 1 aromatic rings. The van der Waals surface area contributed by atoms with E-state index in [-0.39, 0.29) is 18.4 Å². The number of hydrogen-bond donors (Lipinski definition) is 3. The number of aryl methyl sites for hydroxylation is 1. The quantitative estimate of drug-likeness (QED) is 0.741. The summed E-state index contributed by atoms with van der Waals surface area (Å²) in [6, 6.07) is 5.20. The molecule has 20 heavy (non-hydrogen) atoms. The fourth-order valence-corrected chi connectivity index (χ4v) is 1.99. The molecule has 2 amide bonds. The van der Waals surface area contributed by atoms with Crippen molar-refractivity contribution < 1.29 is 14.7 Å². The van der Waals surface area contributed by atoms with Gasteiger partial charge in [0.1, 0.15) is 0 Å². The zero-order valence-corrected chi connectivity index (χ0v) is 13.2. The lowest BCUT2D eigenvalue weighted by Crippen LogP contribution is -2.33. The largest absolute Gasteiger partial charge is 0.481 e. The minimum absolute atomic E-state index is 0.0510. The van der Waals surface area contributed by atoms with Crippen LogP contribution in [0.3, 0.4) is 0 Å². The molecule has 0 aromatic heterocycles. The number of halogens is 1. The summed E-state index contributed by atoms with van der Waals surface area (Å²) in [7, 11) is 0. The van der Waals surface area contributed by atoms with Gasteiger partial charge in [-0.05, 0) is 36.6 Å². The van der Waals surface area contributed by atoms with Crippen molar-refractivity contribution in [2.24, 2.45) is 5.92 Å². The summed E-state index contributed by atoms with van der Waals surface area (Å²) in [6.07, 6.45) is 0.776. The number of aliphatic carboxylic acids is 1. The average Bonchev–Trinajstić information content (AvgIpc) is 2.38. The molecule has 1 rings (SSSR count). The fourth-order valence-electron chi connectivity index (χ4n) is 1.74. The third-order valence-corrected chi connectivity index (χ3v) is 3.90. The molecule has 0 aliphatic rings. The van der Waals surface area contributed by atoms with Gasteiger partial charge in [0.2, 0.25) is 0 Å². The first kappa shape index (κ1) is 16.5. The highest BCUT2D eigenvalue weighted by molar-refractivity contribution is 9.10. The Hall–Kier alpha value is -1.56. The Bertz CT molecular complexity index is 491. The van der Waals surface area contributed by atoms with Gasteiger partial charge in [-0.3, -0.25) is 4.79 Å². The second kappa shape index (κ2) is 7.89. The van der Waals surface area contributed by atoms with Crippen LogP contribution in [0.1, 0.15) is 25.3 Å². The van der Waals surface area contributed by atoms with Crippen LogP contribution in [0, 0.1) is 12.8 Å². The molecular formula is C14H19BrN2O3. The topological polar surface area (TPSA) is 78.4 Å². The van der Waals surface area contributed by atoms with Crippen molar-refractivity contribution in [1.29, 1.82) is 0 Å². The number of nitrogens with one attached hydrogen (secondary N) is 2. The number of urea groups is 1. The highest BCUT2D eigenvalue weighted by Gasteiger charge is 2.12. The monoisotopic (exact) mass is 342 g/mol. The SMILES string of the molecule is CCC(CNC(=O)Nc1ccc(Br)c(C)c1)CC(=O)O. The average molecular weight is 343 g/mol. The van der Waals surface area contributed by atoms with Crippen molar-refractivity contribution in [2.75, 3.05) is 11.9 Å². The van der Waals surface area contributed by atoms with Crippen LogP contribution in [0.2, 0.25) is 0 Å². The Morgan fingerprint density at radius 2 is 2.10 bits per heavy atom. The normalized spacial score (nSPS) is 11.8. The van der Waals surface area contributed by atoms with Crippen molar-refractivity contribution in [2.45, 2.75) is 26.7 Å². The maximum absolute atomic E-state index is 11.7. The van der Waals surface area contributed by atoms with Crippen LogP contribution in [0.4, 0.5) is 10.5 Å². The van der Waals surface area contributed by atoms with Crippen LogP contribution in [0.15, 0.2) is 22.7 Å². The van der Waals surface area contributed by atoms with Gasteiger partial charge in [0, 0.05) is 23.1 Å². The lowest BCUT2D eigenvalue weighted by atomic mass is 10.0. The van der Waals surface area contributed by atoms with Gasteiger partial charge in [-0.1, -0.05) is 29.3 Å². The Kier molecular flexibility index (Phi) is 6.51. The molecular weight excluding hydrogens is 324 g/mol. The standard InChI is InChI=1S/C14H19BrN2O3/c1-3-10(7-13(18)19)8-16-14(20)17-11-4-5-12(15)9(2)6-11/h4-6,10H,3,7-8H2,1-2H3,(H,18,19)(H2,16,17,20). The van der Waals surface area contributed by atoms with Crippen LogP contribution in [0.25, 0.3) is 0 Å². The summed E-state index contributed by atoms with van der Waals surface area (Å²) in [5, 5.41) is 14.2. The summed E-state index contributed by atoms with van der Waals surface area (Å²) in [5.41, 5.74) is 1.73. The molecule has 0 aliphatic heterocycles. The third kappa shape index (κ3) is 5.61. The molecule has 5 nitrogen and oxygen atoms in total. The smallest absolute Gasteiger partial charge is 0.319 e. The number of anilines is 1. The molecule has 1 aromatic carbocycles. The number of carboxylic acids is 1. The van der Waals surface area contributed by atoms with Crippen LogP contribution in [-0.4, -0.2) is 23.7 Å². The Labute approximate surface area is 126 Å². The lowest BCUT2D eigenvalue weighted by Gasteiger charge is -2.14. The number of carbonyl (C=O) groups is 2. The van der Waals surface area contributed by atoms with Crippen molar-refractivity contribution in [3.63, 3.8) is 0 Å². The number of carboxylic acid groups (broad SMARTS) is 1. The fraction of sp³-hybridized carbons (Fsp3) is 0.429. The maximum Gasteiger partial charge on any atom is 0.319 e. The minimum Gasteiger partial charge on any atom is -0.481 e. The molecule has 0 aliphatic carbocycles. The molecule has 3 N–H and O–H groups in total. The Balaban J connectivity index is 2.46. The van der Waals surface area contributed by atoms with Crippen LogP contribution in [-0.2, 0) is 4.79 Å². The predicted octanol–water partition coefficient (Wildman–Crippen LogP) is 3.38. The van der Waals surface area contributed by atoms with E-state index in [0.717, 1.165) is 10.0 Å². The van der Waals surface area contributed by atoms with E-state index in [1.54, 1.807) is 6.07 Å². The number of carbonyl (C=O) groups excluding carboxylic acids is 1. The van der Waals surface area contributed by atoms with Crippen molar-refractivity contribution in [3.8, 4) is 0 Å². The van der Waals surface area contributed by atoms with Gasteiger partial charge in [0.05, 0.1) is 0 Å². The molecule has 110 valence electrons. The summed E-state index contributed by atoms with van der Waals surface area (Å²) in [6.45, 7) is 4.20. The molecule has 0 saturated carbocycles. The molecule has 0 radical (unpaired) electrons. The van der Waals surface area contributed by atoms with E-state index in [4.69, 9.17) is 5.11 Å². The molecule has 6 heteroatoms. The van der Waals surface area contributed by atoms with Gasteiger partial charge in [0.25, 0.3) is 0 Å². The Morgan fingerprint density at radius 3 is 2.65 bits per heavy atom. The van der Waals surface area contributed by atoms with E-state index in [9.17, 15) is 9.59 Å². The zero-order valence-electron chi connectivity index (χ0n) is 11.6. The van der Waals surface area contributed by atoms with Crippen molar-refractivity contribution >= 4 is 33.6 Å². The van der Waals surface area contributed by atoms with E-state index in [1.165, 1.54) is 0 Å². The molecule has 0 saturated heterocycles. The number of rotatable bonds is 6. The van der Waals surface area contributed by atoms with Gasteiger partial charge < -0.3 is 15.7 Å². The first-order valence-electron chi connectivity index (χ1n) is 6.45. The van der Waals surface area contributed by atoms with Crippen molar-refractivity contribution in [1.82, 2.24) is 5.32 Å². The van der Waals surface area contributed by atoms with E-state index in [2.05, 4.69) is 26.6 Å². The second-order valence-electron chi connectivity index (χ2n) is 4.67. The van der Waals surface area contributed by atoms with Crippen LogP contribution >= 0.6 is 15.9 Å². The van der Waals surface area contributed by atoms with Crippen LogP contribution < -0.4 is 10.6 Å². The van der Waals surface area contributed by atoms with E-state index < -0.39 is 5.97 Å². The van der Waals surface area contributed by atoms with E-state index >= 15 is 0 Å². The zero-order chi connectivity index (χ0) is 15.1. The molecule has 0 spiro atoms. The maximum atomic E-state index is 11.7. The van der Waals surface area contributed by atoms with E-state index in [0.29, 0.717) is 18.7 Å². The predicted molar refractivity (Wildman–Crippen MR) is 81.9 cm³/mol. The second-order valence-corrected chi connectivity index (χ2v) is 5.53. The highest BCUT2D eigenvalue weighted by Crippen LogP contribution is 2.19. The molecule has 1 unspecified atom stereocenters. The van der Waals surface area contributed by atoms with Gasteiger partial charge in [0.15, 0.2) is 0 Å². The lowest BCUT2D eigenvalue weighted by molar-refractivity contribution is -0.138. The van der Waals surface area contributed by atoms with Crippen LogP contribution in [0.5, 0.6) is 0 Å². The molecule has 0 heterocycles. The number of hydrogen-bond acceptors (Lipinski definition) is 2. The van der Waals surface area contributed by atoms with Gasteiger partial charge in [-0.15, -0.1) is 0 Å². The minimum atomic E-state index is -0.845. The highest BCUT2D eigenvalue weighted by atomic mass is 79.9. The third-order valence-electron chi connectivity index (χ3n) is 3.01. The molecule has 1 atom stereocenters. The van der Waals surface area contributed by atoms with E-state index in [1.807, 2.05) is 26.0 Å². The number of amides is 2. The molecule has 0 fully saturated rings. The first-order chi connectivity index (χ1) is 9.42. The first-order valence-corrected chi connectivity index (χ1v) is 7.24. The summed E-state index contributed by atoms with van der Waals surface area (Å²) in [4.78, 5) is 22.4. The van der Waals surface area contributed by atoms with Gasteiger partial charge in [-0.25, -0.2) is 4.79 Å². The van der Waals surface area contributed by atoms with Gasteiger partial charge in [-0.2, -0.15) is 0 Å². The number of benzene rings is 1.